The summed E-state index contributed by atoms with van der Waals surface area (Å²) < 4.78 is 0. The largest absolute Gasteiger partial charge is 0.480 e. The average Bonchev–Trinajstić information content (AvgIpc) is 3.11. The number of hydrogen-bond donors (Lipinski definition) is 3. The van der Waals surface area contributed by atoms with Gasteiger partial charge in [0.25, 0.3) is 5.91 Å². The van der Waals surface area contributed by atoms with Gasteiger partial charge in [-0.25, -0.2) is 9.78 Å². The Morgan fingerprint density at radius 2 is 2.32 bits per heavy atom. The van der Waals surface area contributed by atoms with Gasteiger partial charge in [-0.2, -0.15) is 11.8 Å². The maximum absolute atomic E-state index is 11.9. The van der Waals surface area contributed by atoms with Gasteiger partial charge in [0.15, 0.2) is 0 Å². The van der Waals surface area contributed by atoms with Crippen LogP contribution < -0.4 is 5.32 Å². The highest BCUT2D eigenvalue weighted by Gasteiger charge is 2.29. The Kier molecular flexibility index (Phi) is 4.41. The lowest BCUT2D eigenvalue weighted by atomic mass is 10.2. The number of aliphatic carboxylic acids is 1. The molecule has 7 nitrogen and oxygen atoms in total. The van der Waals surface area contributed by atoms with E-state index >= 15 is 0 Å². The Bertz CT molecular complexity index is 472. The van der Waals surface area contributed by atoms with Crippen molar-refractivity contribution in [2.75, 3.05) is 12.0 Å². The number of H-pyrrole nitrogens is 1. The van der Waals surface area contributed by atoms with Crippen LogP contribution in [0, 0.1) is 0 Å². The van der Waals surface area contributed by atoms with Crippen LogP contribution in [0.25, 0.3) is 0 Å². The molecule has 104 valence electrons. The Morgan fingerprint density at radius 1 is 1.58 bits per heavy atom. The van der Waals surface area contributed by atoms with Gasteiger partial charge in [-0.15, -0.1) is 5.10 Å². The lowest BCUT2D eigenvalue weighted by Crippen LogP contribution is -2.41. The molecule has 1 fully saturated rings. The van der Waals surface area contributed by atoms with Crippen molar-refractivity contribution in [1.82, 2.24) is 20.5 Å². The van der Waals surface area contributed by atoms with Crippen molar-refractivity contribution in [2.24, 2.45) is 0 Å². The molecule has 3 N–H and O–H groups in total. The van der Waals surface area contributed by atoms with Gasteiger partial charge in [-0.05, 0) is 31.3 Å². The SMILES string of the molecule is CSCCC(NC(=O)c1n[nH]c(C2CC2)n1)C(=O)O. The molecule has 0 spiro atoms. The summed E-state index contributed by atoms with van der Waals surface area (Å²) in [6.45, 7) is 0. The molecule has 8 heteroatoms. The van der Waals surface area contributed by atoms with Crippen LogP contribution in [-0.2, 0) is 4.79 Å². The average molecular weight is 284 g/mol. The summed E-state index contributed by atoms with van der Waals surface area (Å²) in [6, 6.07) is -0.900. The Balaban J connectivity index is 1.94. The predicted octanol–water partition coefficient (Wildman–Crippen LogP) is 0.618. The number of amides is 1. The predicted molar refractivity (Wildman–Crippen MR) is 70.2 cm³/mol. The van der Waals surface area contributed by atoms with Gasteiger partial charge in [-0.3, -0.25) is 9.89 Å². The number of thioether (sulfide) groups is 1. The van der Waals surface area contributed by atoms with E-state index in [-0.39, 0.29) is 5.82 Å². The van der Waals surface area contributed by atoms with Gasteiger partial charge in [0.2, 0.25) is 5.82 Å². The molecule has 19 heavy (non-hydrogen) atoms. The molecule has 0 radical (unpaired) electrons. The van der Waals surface area contributed by atoms with Crippen molar-refractivity contribution >= 4 is 23.6 Å². The number of rotatable bonds is 7. The molecule has 1 aromatic rings. The van der Waals surface area contributed by atoms with Crippen LogP contribution in [-0.4, -0.2) is 50.2 Å². The van der Waals surface area contributed by atoms with Crippen LogP contribution in [0.5, 0.6) is 0 Å². The van der Waals surface area contributed by atoms with Gasteiger partial charge in [-0.1, -0.05) is 0 Å². The van der Waals surface area contributed by atoms with Gasteiger partial charge in [0.1, 0.15) is 11.9 Å². The van der Waals surface area contributed by atoms with E-state index in [1.54, 1.807) is 0 Å². The normalized spacial score (nSPS) is 16.1. The number of hydrogen-bond acceptors (Lipinski definition) is 5. The first-order valence-corrected chi connectivity index (χ1v) is 7.46. The topological polar surface area (TPSA) is 108 Å². The van der Waals surface area contributed by atoms with Crippen LogP contribution >= 0.6 is 11.8 Å². The summed E-state index contributed by atoms with van der Waals surface area (Å²) in [4.78, 5) is 27.0. The molecule has 1 amide bonds. The quantitative estimate of drug-likeness (QED) is 0.677. The highest BCUT2D eigenvalue weighted by molar-refractivity contribution is 7.98. The number of carboxylic acid groups (broad SMARTS) is 1. The summed E-state index contributed by atoms with van der Waals surface area (Å²) in [5.74, 6) is 0.176. The molecule has 0 bridgehead atoms. The molecule has 1 aromatic heterocycles. The second-order valence-corrected chi connectivity index (χ2v) is 5.45. The maximum Gasteiger partial charge on any atom is 0.326 e. The fourth-order valence-corrected chi connectivity index (χ4v) is 2.10. The third kappa shape index (κ3) is 3.69. The minimum absolute atomic E-state index is 0.0114. The van der Waals surface area contributed by atoms with E-state index < -0.39 is 17.9 Å². The van der Waals surface area contributed by atoms with E-state index in [9.17, 15) is 9.59 Å². The zero-order valence-electron chi connectivity index (χ0n) is 10.5. The molecule has 0 saturated heterocycles. The highest BCUT2D eigenvalue weighted by atomic mass is 32.2. The fraction of sp³-hybridized carbons (Fsp3) is 0.636. The van der Waals surface area contributed by atoms with E-state index in [1.165, 1.54) is 11.8 Å². The Hall–Kier alpha value is -1.57. The Morgan fingerprint density at radius 3 is 2.89 bits per heavy atom. The number of aromatic amines is 1. The van der Waals surface area contributed by atoms with Crippen molar-refractivity contribution in [2.45, 2.75) is 31.2 Å². The van der Waals surface area contributed by atoms with Gasteiger partial charge in [0, 0.05) is 5.92 Å². The van der Waals surface area contributed by atoms with Gasteiger partial charge in [0.05, 0.1) is 0 Å². The highest BCUT2D eigenvalue weighted by Crippen LogP contribution is 2.37. The molecule has 1 aliphatic carbocycles. The molecule has 2 rings (SSSR count). The zero-order chi connectivity index (χ0) is 13.8. The van der Waals surface area contributed by atoms with Crippen molar-refractivity contribution in [3.8, 4) is 0 Å². The number of aromatic nitrogens is 3. The Labute approximate surface area is 114 Å². The molecule has 1 atom stereocenters. The summed E-state index contributed by atoms with van der Waals surface area (Å²) in [6.07, 6.45) is 4.38. The van der Waals surface area contributed by atoms with Crippen molar-refractivity contribution < 1.29 is 14.7 Å². The monoisotopic (exact) mass is 284 g/mol. The van der Waals surface area contributed by atoms with Gasteiger partial charge >= 0.3 is 5.97 Å². The summed E-state index contributed by atoms with van der Waals surface area (Å²) in [5, 5.41) is 18.0. The number of carbonyl (C=O) groups is 2. The molecule has 1 aliphatic rings. The number of carbonyl (C=O) groups excluding carboxylic acids is 1. The summed E-state index contributed by atoms with van der Waals surface area (Å²) >= 11 is 1.53. The van der Waals surface area contributed by atoms with Crippen LogP contribution in [0.1, 0.15) is 41.6 Å². The summed E-state index contributed by atoms with van der Waals surface area (Å²) in [5.41, 5.74) is 0. The minimum atomic E-state index is -1.04. The van der Waals surface area contributed by atoms with E-state index in [2.05, 4.69) is 20.5 Å². The first-order chi connectivity index (χ1) is 9.11. The second-order valence-electron chi connectivity index (χ2n) is 4.46. The van der Waals surface area contributed by atoms with Crippen molar-refractivity contribution in [3.63, 3.8) is 0 Å². The minimum Gasteiger partial charge on any atom is -0.480 e. The van der Waals surface area contributed by atoms with Crippen LogP contribution in [0.15, 0.2) is 0 Å². The smallest absolute Gasteiger partial charge is 0.326 e. The molecule has 0 aromatic carbocycles. The second kappa shape index (κ2) is 6.05. The van der Waals surface area contributed by atoms with Crippen LogP contribution in [0.3, 0.4) is 0 Å². The van der Waals surface area contributed by atoms with Crippen LogP contribution in [0.2, 0.25) is 0 Å². The molecular formula is C11H16N4O3S. The zero-order valence-corrected chi connectivity index (χ0v) is 11.4. The lowest BCUT2D eigenvalue weighted by molar-refractivity contribution is -0.139. The maximum atomic E-state index is 11.9. The van der Waals surface area contributed by atoms with Crippen molar-refractivity contribution in [3.05, 3.63) is 11.6 Å². The van der Waals surface area contributed by atoms with E-state index in [0.717, 1.165) is 12.8 Å². The first-order valence-electron chi connectivity index (χ1n) is 6.06. The molecule has 0 aliphatic heterocycles. The van der Waals surface area contributed by atoms with E-state index in [0.29, 0.717) is 23.9 Å². The molecule has 1 heterocycles. The van der Waals surface area contributed by atoms with Crippen LogP contribution in [0.4, 0.5) is 0 Å². The van der Waals surface area contributed by atoms with Crippen molar-refractivity contribution in [1.29, 1.82) is 0 Å². The number of nitrogens with one attached hydrogen (secondary N) is 2. The van der Waals surface area contributed by atoms with E-state index in [4.69, 9.17) is 5.11 Å². The molecular weight excluding hydrogens is 268 g/mol. The van der Waals surface area contributed by atoms with E-state index in [1.807, 2.05) is 6.26 Å². The fourth-order valence-electron chi connectivity index (χ4n) is 1.63. The number of carboxylic acids is 1. The third-order valence-electron chi connectivity index (χ3n) is 2.88. The van der Waals surface area contributed by atoms with Gasteiger partial charge < -0.3 is 10.4 Å². The summed E-state index contributed by atoms with van der Waals surface area (Å²) in [7, 11) is 0. The lowest BCUT2D eigenvalue weighted by Gasteiger charge is -2.12. The standard InChI is InChI=1S/C11H16N4O3S/c1-19-5-4-7(11(17)18)12-10(16)9-13-8(14-15-9)6-2-3-6/h6-7H,2-5H2,1H3,(H,12,16)(H,17,18)(H,13,14,15). The molecule has 1 unspecified atom stereocenters. The third-order valence-corrected chi connectivity index (χ3v) is 3.53. The first kappa shape index (κ1) is 13.9. The number of nitrogens with zero attached hydrogens (tertiary/aromatic N) is 2. The molecule has 1 saturated carbocycles.